The number of carbonyl (C=O) groups is 1. The Bertz CT molecular complexity index is 1250. The van der Waals surface area contributed by atoms with Crippen LogP contribution in [0.3, 0.4) is 0 Å². The fraction of sp³-hybridized carbons (Fsp3) is 0.174. The number of ether oxygens (including phenoxy) is 1. The number of benzene rings is 2. The fourth-order valence-corrected chi connectivity index (χ4v) is 3.32. The van der Waals surface area contributed by atoms with Crippen LogP contribution in [0.15, 0.2) is 60.9 Å². The first-order valence-electron chi connectivity index (χ1n) is 9.90. The number of nitrogens with one attached hydrogen (secondary N) is 1. The van der Waals surface area contributed by atoms with Crippen LogP contribution >= 0.6 is 11.6 Å². The smallest absolute Gasteiger partial charge is 0.277 e. The molecule has 0 aliphatic carbocycles. The topological polar surface area (TPSA) is 74.0 Å². The van der Waals surface area contributed by atoms with Gasteiger partial charge in [-0.15, -0.1) is 0 Å². The third-order valence-electron chi connectivity index (χ3n) is 4.83. The molecule has 0 unspecified atom stereocenters. The van der Waals surface area contributed by atoms with Crippen LogP contribution < -0.4 is 10.1 Å². The lowest BCUT2D eigenvalue weighted by Gasteiger charge is -2.09. The highest BCUT2D eigenvalue weighted by Gasteiger charge is 2.13. The Hall–Kier alpha value is -3.65. The summed E-state index contributed by atoms with van der Waals surface area (Å²) in [6, 6.07) is 13.7. The highest BCUT2D eigenvalue weighted by molar-refractivity contribution is 6.31. The zero-order valence-electron chi connectivity index (χ0n) is 17.5. The molecule has 0 bridgehead atoms. The van der Waals surface area contributed by atoms with E-state index in [1.165, 1.54) is 15.4 Å². The molecule has 2 aromatic carbocycles. The van der Waals surface area contributed by atoms with E-state index in [-0.39, 0.29) is 19.0 Å². The van der Waals surface area contributed by atoms with Gasteiger partial charge in [-0.25, -0.2) is 9.07 Å². The van der Waals surface area contributed by atoms with Gasteiger partial charge in [0, 0.05) is 29.0 Å². The number of hydrogen-bond donors (Lipinski definition) is 1. The average Bonchev–Trinajstić information content (AvgIpc) is 3.41. The van der Waals surface area contributed by atoms with Gasteiger partial charge >= 0.3 is 0 Å². The molecule has 4 rings (SSSR count). The predicted molar refractivity (Wildman–Crippen MR) is 119 cm³/mol. The average molecular weight is 454 g/mol. The Labute approximate surface area is 189 Å². The molecule has 0 saturated heterocycles. The summed E-state index contributed by atoms with van der Waals surface area (Å²) < 4.78 is 22.8. The molecule has 0 atom stereocenters. The molecular formula is C23H21ClFN5O2. The van der Waals surface area contributed by atoms with E-state index in [0.29, 0.717) is 16.4 Å². The SMILES string of the molecule is Cc1ccc(C)c(OCn2ccc(C(=O)Nc3ccn(Cc4c(F)cccc4Cl)n3)n2)c1. The van der Waals surface area contributed by atoms with E-state index in [9.17, 15) is 9.18 Å². The summed E-state index contributed by atoms with van der Waals surface area (Å²) in [4.78, 5) is 12.5. The first-order chi connectivity index (χ1) is 15.4. The Morgan fingerprint density at radius 3 is 2.72 bits per heavy atom. The molecular weight excluding hydrogens is 433 g/mol. The summed E-state index contributed by atoms with van der Waals surface area (Å²) in [6.45, 7) is 4.28. The van der Waals surface area contributed by atoms with Crippen LogP contribution in [0.2, 0.25) is 5.02 Å². The summed E-state index contributed by atoms with van der Waals surface area (Å²) in [7, 11) is 0. The van der Waals surface area contributed by atoms with Crippen molar-refractivity contribution in [2.24, 2.45) is 0 Å². The fourth-order valence-electron chi connectivity index (χ4n) is 3.10. The normalized spacial score (nSPS) is 10.9. The van der Waals surface area contributed by atoms with Gasteiger partial charge in [0.2, 0.25) is 0 Å². The van der Waals surface area contributed by atoms with Crippen molar-refractivity contribution >= 4 is 23.3 Å². The highest BCUT2D eigenvalue weighted by Crippen LogP contribution is 2.21. The number of halogens is 2. The minimum absolute atomic E-state index is 0.145. The Morgan fingerprint density at radius 2 is 1.91 bits per heavy atom. The lowest BCUT2D eigenvalue weighted by atomic mass is 10.1. The second-order valence-corrected chi connectivity index (χ2v) is 7.74. The molecule has 9 heteroatoms. The van der Waals surface area contributed by atoms with Crippen LogP contribution in [0, 0.1) is 19.7 Å². The maximum Gasteiger partial charge on any atom is 0.277 e. The van der Waals surface area contributed by atoms with Gasteiger partial charge in [-0.05, 0) is 49.2 Å². The van der Waals surface area contributed by atoms with Crippen molar-refractivity contribution < 1.29 is 13.9 Å². The van der Waals surface area contributed by atoms with Crippen LogP contribution in [0.4, 0.5) is 10.2 Å². The maximum atomic E-state index is 14.0. The molecule has 4 aromatic rings. The van der Waals surface area contributed by atoms with Crippen molar-refractivity contribution in [1.82, 2.24) is 19.6 Å². The van der Waals surface area contributed by atoms with E-state index in [4.69, 9.17) is 16.3 Å². The number of amides is 1. The molecule has 1 N–H and O–H groups in total. The third-order valence-corrected chi connectivity index (χ3v) is 5.19. The monoisotopic (exact) mass is 453 g/mol. The Balaban J connectivity index is 1.37. The lowest BCUT2D eigenvalue weighted by Crippen LogP contribution is -2.15. The first-order valence-corrected chi connectivity index (χ1v) is 10.3. The number of aryl methyl sites for hydroxylation is 2. The van der Waals surface area contributed by atoms with Gasteiger partial charge in [0.15, 0.2) is 18.2 Å². The van der Waals surface area contributed by atoms with E-state index < -0.39 is 11.7 Å². The second kappa shape index (κ2) is 9.23. The number of aromatic nitrogens is 4. The number of rotatable bonds is 7. The van der Waals surface area contributed by atoms with Crippen LogP contribution in [-0.4, -0.2) is 25.5 Å². The largest absolute Gasteiger partial charge is 0.471 e. The maximum absolute atomic E-state index is 14.0. The summed E-state index contributed by atoms with van der Waals surface area (Å²) in [5.74, 6) is 0.271. The van der Waals surface area contributed by atoms with Crippen molar-refractivity contribution in [1.29, 1.82) is 0 Å². The number of anilines is 1. The number of carbonyl (C=O) groups excluding carboxylic acids is 1. The second-order valence-electron chi connectivity index (χ2n) is 7.34. The van der Waals surface area contributed by atoms with Crippen molar-refractivity contribution in [3.8, 4) is 5.75 Å². The molecule has 2 heterocycles. The molecule has 0 spiro atoms. The molecule has 0 fully saturated rings. The molecule has 1 amide bonds. The molecule has 7 nitrogen and oxygen atoms in total. The van der Waals surface area contributed by atoms with Gasteiger partial charge in [0.25, 0.3) is 5.91 Å². The Morgan fingerprint density at radius 1 is 1.09 bits per heavy atom. The summed E-state index contributed by atoms with van der Waals surface area (Å²) in [5, 5.41) is 11.5. The minimum atomic E-state index is -0.412. The zero-order valence-corrected chi connectivity index (χ0v) is 18.3. The highest BCUT2D eigenvalue weighted by atomic mass is 35.5. The van der Waals surface area contributed by atoms with E-state index in [0.717, 1.165) is 16.9 Å². The van der Waals surface area contributed by atoms with Crippen molar-refractivity contribution in [2.45, 2.75) is 27.1 Å². The molecule has 0 aliphatic heterocycles. The Kier molecular flexibility index (Phi) is 6.23. The van der Waals surface area contributed by atoms with Crippen molar-refractivity contribution in [2.75, 3.05) is 5.32 Å². The molecule has 32 heavy (non-hydrogen) atoms. The van der Waals surface area contributed by atoms with Gasteiger partial charge in [-0.2, -0.15) is 10.2 Å². The molecule has 164 valence electrons. The van der Waals surface area contributed by atoms with E-state index in [1.54, 1.807) is 36.7 Å². The number of hydrogen-bond acceptors (Lipinski definition) is 4. The van der Waals surface area contributed by atoms with Crippen LogP contribution in [0.1, 0.15) is 27.2 Å². The van der Waals surface area contributed by atoms with Crippen molar-refractivity contribution in [3.05, 3.63) is 94.1 Å². The van der Waals surface area contributed by atoms with E-state index in [1.807, 2.05) is 32.0 Å². The minimum Gasteiger partial charge on any atom is -0.471 e. The quantitative estimate of drug-likeness (QED) is 0.435. The van der Waals surface area contributed by atoms with Crippen LogP contribution in [-0.2, 0) is 13.3 Å². The number of nitrogens with zero attached hydrogens (tertiary/aromatic N) is 4. The van der Waals surface area contributed by atoms with Gasteiger partial charge in [-0.3, -0.25) is 9.48 Å². The molecule has 2 aromatic heterocycles. The summed E-state index contributed by atoms with van der Waals surface area (Å²) in [6.07, 6.45) is 3.30. The lowest BCUT2D eigenvalue weighted by molar-refractivity contribution is 0.101. The summed E-state index contributed by atoms with van der Waals surface area (Å²) >= 11 is 6.06. The predicted octanol–water partition coefficient (Wildman–Crippen LogP) is 4.83. The molecule has 0 saturated carbocycles. The standard InChI is InChI=1S/C23H21ClFN5O2/c1-15-6-7-16(2)21(12-15)32-14-30-10-8-20(27-30)23(31)26-22-9-11-29(28-22)13-17-18(24)4-3-5-19(17)25/h3-12H,13-14H2,1-2H3,(H,26,28,31). The molecule has 0 radical (unpaired) electrons. The summed E-state index contributed by atoms with van der Waals surface area (Å²) in [5.41, 5.74) is 2.68. The van der Waals surface area contributed by atoms with E-state index >= 15 is 0 Å². The first kappa shape index (κ1) is 21.6. The third kappa shape index (κ3) is 4.97. The zero-order chi connectivity index (χ0) is 22.7. The van der Waals surface area contributed by atoms with Gasteiger partial charge in [-0.1, -0.05) is 29.8 Å². The van der Waals surface area contributed by atoms with Gasteiger partial charge in [0.1, 0.15) is 11.6 Å². The van der Waals surface area contributed by atoms with Crippen LogP contribution in [0.25, 0.3) is 0 Å². The molecule has 0 aliphatic rings. The van der Waals surface area contributed by atoms with Crippen LogP contribution in [0.5, 0.6) is 5.75 Å². The van der Waals surface area contributed by atoms with Crippen molar-refractivity contribution in [3.63, 3.8) is 0 Å². The van der Waals surface area contributed by atoms with E-state index in [2.05, 4.69) is 15.5 Å². The van der Waals surface area contributed by atoms with Gasteiger partial charge < -0.3 is 10.1 Å². The van der Waals surface area contributed by atoms with Gasteiger partial charge in [0.05, 0.1) is 6.54 Å².